The Morgan fingerprint density at radius 2 is 2.17 bits per heavy atom. The minimum atomic E-state index is 0.600. The highest BCUT2D eigenvalue weighted by Gasteiger charge is 2.27. The van der Waals surface area contributed by atoms with Gasteiger partial charge in [0.1, 0.15) is 5.82 Å². The van der Waals surface area contributed by atoms with Crippen LogP contribution in [0.4, 0.5) is 5.82 Å². The molecule has 0 spiro atoms. The number of nitrogens with zero attached hydrogens (tertiary/aromatic N) is 2. The summed E-state index contributed by atoms with van der Waals surface area (Å²) in [7, 11) is 0. The van der Waals surface area contributed by atoms with Crippen LogP contribution in [0.5, 0.6) is 0 Å². The van der Waals surface area contributed by atoms with Crippen LogP contribution >= 0.6 is 11.3 Å². The van der Waals surface area contributed by atoms with Crippen molar-refractivity contribution < 1.29 is 0 Å². The molecule has 4 nitrogen and oxygen atoms in total. The Labute approximate surface area is 108 Å². The first kappa shape index (κ1) is 10.1. The molecule has 0 atom stereocenters. The van der Waals surface area contributed by atoms with Gasteiger partial charge in [-0.3, -0.25) is 5.10 Å². The first-order chi connectivity index (χ1) is 8.83. The summed E-state index contributed by atoms with van der Waals surface area (Å²) in [5.41, 5.74) is 8.96. The molecule has 1 saturated carbocycles. The van der Waals surface area contributed by atoms with Crippen LogP contribution in [-0.4, -0.2) is 15.2 Å². The summed E-state index contributed by atoms with van der Waals surface area (Å²) in [5, 5.41) is 8.03. The van der Waals surface area contributed by atoms with Gasteiger partial charge in [-0.1, -0.05) is 12.1 Å². The molecule has 3 aromatic rings. The van der Waals surface area contributed by atoms with Crippen LogP contribution in [0, 0.1) is 0 Å². The molecule has 18 heavy (non-hydrogen) atoms. The molecule has 1 fully saturated rings. The van der Waals surface area contributed by atoms with Crippen molar-refractivity contribution >= 4 is 27.4 Å². The van der Waals surface area contributed by atoms with E-state index in [9.17, 15) is 0 Å². The van der Waals surface area contributed by atoms with Gasteiger partial charge in [0, 0.05) is 17.0 Å². The minimum absolute atomic E-state index is 0.600. The second-order valence-corrected chi connectivity index (χ2v) is 5.74. The van der Waals surface area contributed by atoms with Crippen molar-refractivity contribution in [3.63, 3.8) is 0 Å². The number of anilines is 1. The summed E-state index contributed by atoms with van der Waals surface area (Å²) in [6, 6.07) is 6.23. The van der Waals surface area contributed by atoms with E-state index in [1.807, 2.05) is 0 Å². The highest BCUT2D eigenvalue weighted by Crippen LogP contribution is 2.44. The third-order valence-electron chi connectivity index (χ3n) is 3.32. The van der Waals surface area contributed by atoms with Crippen molar-refractivity contribution in [2.75, 3.05) is 5.73 Å². The largest absolute Gasteiger partial charge is 0.384 e. The number of aromatic nitrogens is 3. The van der Waals surface area contributed by atoms with Gasteiger partial charge in [-0.25, -0.2) is 4.98 Å². The molecule has 4 rings (SSSR count). The monoisotopic (exact) mass is 256 g/mol. The molecule has 1 aliphatic rings. The molecule has 2 aromatic heterocycles. The maximum Gasteiger partial charge on any atom is 0.126 e. The predicted octanol–water partition coefficient (Wildman–Crippen LogP) is 3.15. The number of nitrogens with two attached hydrogens (primary N) is 1. The van der Waals surface area contributed by atoms with Crippen LogP contribution in [0.2, 0.25) is 0 Å². The van der Waals surface area contributed by atoms with Gasteiger partial charge < -0.3 is 5.73 Å². The van der Waals surface area contributed by atoms with Crippen molar-refractivity contribution in [2.24, 2.45) is 0 Å². The van der Waals surface area contributed by atoms with E-state index in [4.69, 9.17) is 10.7 Å². The fourth-order valence-corrected chi connectivity index (χ4v) is 3.36. The fourth-order valence-electron chi connectivity index (χ4n) is 2.20. The lowest BCUT2D eigenvalue weighted by atomic mass is 10.1. The summed E-state index contributed by atoms with van der Waals surface area (Å²) in [5.74, 6) is 1.29. The maximum atomic E-state index is 5.90. The van der Waals surface area contributed by atoms with Gasteiger partial charge in [-0.2, -0.15) is 5.10 Å². The maximum absolute atomic E-state index is 5.90. The normalized spacial score (nSPS) is 15.3. The van der Waals surface area contributed by atoms with Gasteiger partial charge in [-0.05, 0) is 18.9 Å². The SMILES string of the molecule is Nc1[nH]ncc1-c1cccc2sc(C3CC3)nc12. The van der Waals surface area contributed by atoms with E-state index in [1.165, 1.54) is 22.5 Å². The molecule has 0 amide bonds. The first-order valence-corrected chi connectivity index (χ1v) is 6.83. The van der Waals surface area contributed by atoms with Gasteiger partial charge in [0.05, 0.1) is 21.4 Å². The molecule has 3 N–H and O–H groups in total. The van der Waals surface area contributed by atoms with Crippen LogP contribution < -0.4 is 5.73 Å². The molecule has 0 aliphatic heterocycles. The summed E-state index contributed by atoms with van der Waals surface area (Å²) in [4.78, 5) is 4.79. The van der Waals surface area contributed by atoms with Crippen molar-refractivity contribution in [1.29, 1.82) is 0 Å². The quantitative estimate of drug-likeness (QED) is 0.740. The lowest BCUT2D eigenvalue weighted by Crippen LogP contribution is -1.88. The molecule has 0 saturated heterocycles. The van der Waals surface area contributed by atoms with Crippen LogP contribution in [-0.2, 0) is 0 Å². The Hall–Kier alpha value is -1.88. The fraction of sp³-hybridized carbons (Fsp3) is 0.231. The number of rotatable bonds is 2. The van der Waals surface area contributed by atoms with Gasteiger partial charge >= 0.3 is 0 Å². The number of H-pyrrole nitrogens is 1. The summed E-state index contributed by atoms with van der Waals surface area (Å²) in [6.45, 7) is 0. The molecule has 90 valence electrons. The topological polar surface area (TPSA) is 67.6 Å². The third kappa shape index (κ3) is 1.44. The number of thiazole rings is 1. The Morgan fingerprint density at radius 3 is 2.89 bits per heavy atom. The van der Waals surface area contributed by atoms with Crippen LogP contribution in [0.1, 0.15) is 23.8 Å². The number of para-hydroxylation sites is 1. The van der Waals surface area contributed by atoms with E-state index in [0.29, 0.717) is 11.7 Å². The van der Waals surface area contributed by atoms with Crippen molar-refractivity contribution in [1.82, 2.24) is 15.2 Å². The average Bonchev–Trinajstić information content (AvgIpc) is 2.99. The number of hydrogen-bond donors (Lipinski definition) is 2. The number of nitrogen functional groups attached to an aromatic ring is 1. The summed E-state index contributed by atoms with van der Waals surface area (Å²) < 4.78 is 1.23. The lowest BCUT2D eigenvalue weighted by molar-refractivity contribution is 1.10. The standard InChI is InChI=1S/C13H12N4S/c14-12-9(6-15-17-12)8-2-1-3-10-11(8)16-13(18-10)7-4-5-7/h1-3,6-7H,4-5H2,(H3,14,15,17). The Kier molecular flexibility index (Phi) is 1.99. The van der Waals surface area contributed by atoms with E-state index in [0.717, 1.165) is 16.6 Å². The molecular weight excluding hydrogens is 244 g/mol. The first-order valence-electron chi connectivity index (χ1n) is 6.01. The minimum Gasteiger partial charge on any atom is -0.384 e. The Bertz CT molecular complexity index is 724. The van der Waals surface area contributed by atoms with E-state index in [2.05, 4.69) is 28.4 Å². The van der Waals surface area contributed by atoms with Gasteiger partial charge in [0.15, 0.2) is 0 Å². The van der Waals surface area contributed by atoms with E-state index in [-0.39, 0.29) is 0 Å². The molecule has 1 aromatic carbocycles. The zero-order chi connectivity index (χ0) is 12.1. The highest BCUT2D eigenvalue weighted by atomic mass is 32.1. The van der Waals surface area contributed by atoms with E-state index >= 15 is 0 Å². The van der Waals surface area contributed by atoms with E-state index in [1.54, 1.807) is 17.5 Å². The van der Waals surface area contributed by atoms with Crippen molar-refractivity contribution in [2.45, 2.75) is 18.8 Å². The summed E-state index contributed by atoms with van der Waals surface area (Å²) >= 11 is 1.80. The van der Waals surface area contributed by atoms with Gasteiger partial charge in [0.2, 0.25) is 0 Å². The number of benzene rings is 1. The number of nitrogens with one attached hydrogen (secondary N) is 1. The van der Waals surface area contributed by atoms with E-state index < -0.39 is 0 Å². The molecule has 1 aliphatic carbocycles. The molecule has 0 unspecified atom stereocenters. The molecule has 0 bridgehead atoms. The molecule has 2 heterocycles. The smallest absolute Gasteiger partial charge is 0.126 e. The van der Waals surface area contributed by atoms with Gasteiger partial charge in [-0.15, -0.1) is 11.3 Å². The zero-order valence-corrected chi connectivity index (χ0v) is 10.5. The Balaban J connectivity index is 1.97. The molecular formula is C13H12N4S. The summed E-state index contributed by atoms with van der Waals surface area (Å²) in [6.07, 6.45) is 4.33. The van der Waals surface area contributed by atoms with Crippen molar-refractivity contribution in [3.8, 4) is 11.1 Å². The second-order valence-electron chi connectivity index (χ2n) is 4.68. The molecule has 5 heteroatoms. The van der Waals surface area contributed by atoms with Crippen molar-refractivity contribution in [3.05, 3.63) is 29.4 Å². The highest BCUT2D eigenvalue weighted by molar-refractivity contribution is 7.18. The molecule has 0 radical (unpaired) electrons. The van der Waals surface area contributed by atoms with Crippen LogP contribution in [0.3, 0.4) is 0 Å². The number of fused-ring (bicyclic) bond motifs is 1. The average molecular weight is 256 g/mol. The number of hydrogen-bond acceptors (Lipinski definition) is 4. The van der Waals surface area contributed by atoms with Crippen LogP contribution in [0.15, 0.2) is 24.4 Å². The lowest BCUT2D eigenvalue weighted by Gasteiger charge is -1.99. The predicted molar refractivity (Wildman–Crippen MR) is 73.6 cm³/mol. The second kappa shape index (κ2) is 3.55. The number of aromatic amines is 1. The van der Waals surface area contributed by atoms with Gasteiger partial charge in [0.25, 0.3) is 0 Å². The third-order valence-corrected chi connectivity index (χ3v) is 4.50. The Morgan fingerprint density at radius 1 is 1.28 bits per heavy atom. The zero-order valence-electron chi connectivity index (χ0n) is 9.68. The van der Waals surface area contributed by atoms with Crippen LogP contribution in [0.25, 0.3) is 21.3 Å².